The third-order valence-corrected chi connectivity index (χ3v) is 13.6. The number of halogens is 7. The van der Waals surface area contributed by atoms with Crippen LogP contribution in [0.4, 0.5) is 27.8 Å². The van der Waals surface area contributed by atoms with Gasteiger partial charge in [0.25, 0.3) is 0 Å². The van der Waals surface area contributed by atoms with E-state index in [1.807, 2.05) is 12.1 Å². The van der Waals surface area contributed by atoms with Crippen LogP contribution in [0.1, 0.15) is 16.8 Å². The minimum atomic E-state index is -5.04. The number of methoxy groups -OCH3 is 2. The van der Waals surface area contributed by atoms with Crippen LogP contribution in [0.2, 0.25) is 10.0 Å². The van der Waals surface area contributed by atoms with Crippen molar-refractivity contribution < 1.29 is 61.5 Å². The van der Waals surface area contributed by atoms with Crippen molar-refractivity contribution in [2.24, 2.45) is 0 Å². The summed E-state index contributed by atoms with van der Waals surface area (Å²) in [6.07, 6.45) is 5.65. The molecule has 0 atom stereocenters. The average Bonchev–Trinajstić information content (AvgIpc) is 4.09. The molecule has 0 saturated carbocycles. The number of pyridine rings is 2. The Bertz CT molecular complexity index is 3830. The van der Waals surface area contributed by atoms with Crippen LogP contribution >= 0.6 is 23.2 Å². The van der Waals surface area contributed by atoms with E-state index in [9.17, 15) is 49.3 Å². The fraction of sp³-hybridized carbons (Fsp3) is 0.0638. The van der Waals surface area contributed by atoms with Gasteiger partial charge in [-0.1, -0.05) is 45.6 Å². The molecule has 0 spiro atoms. The molecule has 9 rings (SSSR count). The van der Waals surface area contributed by atoms with E-state index in [2.05, 4.69) is 29.0 Å². The molecule has 4 heterocycles. The van der Waals surface area contributed by atoms with Gasteiger partial charge in [0.1, 0.15) is 46.8 Å². The highest BCUT2D eigenvalue weighted by molar-refractivity contribution is 7.90. The number of hydrogen-bond donors (Lipinski definition) is 1. The second-order valence-corrected chi connectivity index (χ2v) is 18.8. The molecule has 72 heavy (non-hydrogen) atoms. The molecule has 0 bridgehead atoms. The third kappa shape index (κ3) is 10.7. The highest BCUT2D eigenvalue weighted by atomic mass is 35.5. The molecular formula is C47H28Cl2F5N7O9S2. The van der Waals surface area contributed by atoms with Gasteiger partial charge in [-0.25, -0.2) is 21.6 Å². The van der Waals surface area contributed by atoms with Gasteiger partial charge in [0, 0.05) is 58.6 Å². The molecule has 0 aliphatic carbocycles. The van der Waals surface area contributed by atoms with Crippen molar-refractivity contribution in [2.45, 2.75) is 15.5 Å². The summed E-state index contributed by atoms with van der Waals surface area (Å²) in [6, 6.07) is 24.3. The Morgan fingerprint density at radius 2 is 1.10 bits per heavy atom. The lowest BCUT2D eigenvalue weighted by atomic mass is 10.0. The molecule has 25 heteroatoms. The number of nitrogen functional groups attached to an aromatic ring is 1. The summed E-state index contributed by atoms with van der Waals surface area (Å²) in [5.74, 6) is -13.1. The minimum absolute atomic E-state index is 0.127. The van der Waals surface area contributed by atoms with Gasteiger partial charge in [0.2, 0.25) is 34.8 Å². The number of benzene rings is 5. The monoisotopic (exact) mass is 1060 g/mol. The van der Waals surface area contributed by atoms with Gasteiger partial charge in [0.05, 0.1) is 57.4 Å². The molecule has 0 amide bonds. The first-order chi connectivity index (χ1) is 34.3. The Kier molecular flexibility index (Phi) is 15.3. The molecule has 0 aliphatic heterocycles. The van der Waals surface area contributed by atoms with Crippen LogP contribution in [-0.2, 0) is 25.7 Å². The summed E-state index contributed by atoms with van der Waals surface area (Å²) >= 11 is 12.2. The number of rotatable bonds is 10. The topological polar surface area (TPSA) is 247 Å². The zero-order chi connectivity index (χ0) is 52.1. The molecule has 16 nitrogen and oxygen atoms in total. The number of sulfone groups is 1. The molecule has 0 radical (unpaired) electrons. The van der Waals surface area contributed by atoms with Gasteiger partial charge in [-0.05, 0) is 59.3 Å². The molecule has 2 N–H and O–H groups in total. The Labute approximate surface area is 414 Å². The van der Waals surface area contributed by atoms with Crippen molar-refractivity contribution in [3.63, 3.8) is 0 Å². The van der Waals surface area contributed by atoms with E-state index >= 15 is 0 Å². The van der Waals surface area contributed by atoms with Crippen molar-refractivity contribution in [2.75, 3.05) is 20.0 Å². The number of nitriles is 2. The van der Waals surface area contributed by atoms with Crippen LogP contribution in [0.15, 0.2) is 129 Å². The molecule has 0 saturated heterocycles. The van der Waals surface area contributed by atoms with Gasteiger partial charge in [-0.15, -0.1) is 0 Å². The minimum Gasteiger partial charge on any atom is -0.496 e. The maximum absolute atomic E-state index is 13.9. The van der Waals surface area contributed by atoms with E-state index in [-0.39, 0.29) is 48.7 Å². The van der Waals surface area contributed by atoms with E-state index in [4.69, 9.17) is 42.9 Å². The molecule has 0 fully saturated rings. The number of hydrogen-bond acceptors (Lipinski definition) is 16. The number of fused-ring (bicyclic) bond motifs is 2. The predicted octanol–water partition coefficient (Wildman–Crippen LogP) is 10.6. The van der Waals surface area contributed by atoms with Crippen molar-refractivity contribution in [3.05, 3.63) is 166 Å². The van der Waals surface area contributed by atoms with Crippen molar-refractivity contribution >= 4 is 70.5 Å². The van der Waals surface area contributed by atoms with Crippen LogP contribution in [-0.4, -0.2) is 51.3 Å². The van der Waals surface area contributed by atoms with Gasteiger partial charge >= 0.3 is 10.1 Å². The van der Waals surface area contributed by atoms with Crippen molar-refractivity contribution in [3.8, 4) is 51.9 Å². The maximum atomic E-state index is 13.9. The lowest BCUT2D eigenvalue weighted by molar-refractivity contribution is 0.346. The maximum Gasteiger partial charge on any atom is 0.339 e. The lowest BCUT2D eigenvalue weighted by Gasteiger charge is -2.13. The SMILES string of the molecule is COc1cc(Cl)c(C#N)cc1-c1nccc2cc(S(=O)(=O)Cc3ccon3)ccc12.COc1cc(Cl)c(C#N)cc1-c1nccc2cc(S(=O)(=O)Oc3c(F)c(F)c(F)c(F)c3F)ccc12.Nc1ccon1. The Morgan fingerprint density at radius 3 is 1.53 bits per heavy atom. The van der Waals surface area contributed by atoms with Gasteiger partial charge in [-0.2, -0.15) is 27.7 Å². The third-order valence-electron chi connectivity index (χ3n) is 10.1. The standard InChI is InChI=1S/C23H10ClF5N2O4S.C21H14ClN3O4S.C3H4N2O/c1-34-16-8-15(24)11(9-30)7-14(16)22-13-3-2-12(6-10(13)4-5-31-22)36(32,33)35-23-20(28)18(26)17(25)19(27)21(23)29;1-28-20-10-19(22)14(11-23)9-18(20)21-17-3-2-16(8-13(17)4-6-24-21)30(26,27)12-15-5-7-29-25-15;4-3-1-2-6-5-3/h2-8H,1H3;2-10H,12H2,1H3;1-2H,(H2,4,5). The summed E-state index contributed by atoms with van der Waals surface area (Å²) in [7, 11) is -5.78. The smallest absolute Gasteiger partial charge is 0.339 e. The second kappa shape index (κ2) is 21.3. The lowest BCUT2D eigenvalue weighted by Crippen LogP contribution is -2.14. The van der Waals surface area contributed by atoms with E-state index in [0.29, 0.717) is 50.2 Å². The molecule has 0 aliphatic rings. The van der Waals surface area contributed by atoms with Gasteiger partial charge in [-0.3, -0.25) is 9.97 Å². The first kappa shape index (κ1) is 51.5. The zero-order valence-electron chi connectivity index (χ0n) is 36.5. The first-order valence-corrected chi connectivity index (χ1v) is 23.7. The quantitative estimate of drug-likeness (QED) is 0.0579. The molecule has 366 valence electrons. The zero-order valence-corrected chi connectivity index (χ0v) is 39.6. The van der Waals surface area contributed by atoms with Gasteiger partial charge in [0.15, 0.2) is 15.7 Å². The number of nitrogens with two attached hydrogens (primary N) is 1. The highest BCUT2D eigenvalue weighted by Crippen LogP contribution is 2.40. The summed E-state index contributed by atoms with van der Waals surface area (Å²) in [5.41, 5.74) is 7.60. The van der Waals surface area contributed by atoms with Crippen LogP contribution in [0.3, 0.4) is 0 Å². The number of anilines is 1. The second-order valence-electron chi connectivity index (χ2n) is 14.5. The largest absolute Gasteiger partial charge is 0.496 e. The number of nitrogens with zero attached hydrogens (tertiary/aromatic N) is 6. The van der Waals surface area contributed by atoms with Crippen LogP contribution in [0.5, 0.6) is 17.2 Å². The van der Waals surface area contributed by atoms with Crippen molar-refractivity contribution in [1.29, 1.82) is 10.5 Å². The summed E-state index contributed by atoms with van der Waals surface area (Å²) < 4.78 is 143. The fourth-order valence-electron chi connectivity index (χ4n) is 6.71. The van der Waals surface area contributed by atoms with E-state index in [1.165, 1.54) is 69.3 Å². The first-order valence-electron chi connectivity index (χ1n) is 19.9. The van der Waals surface area contributed by atoms with Crippen LogP contribution in [0.25, 0.3) is 44.1 Å². The van der Waals surface area contributed by atoms with Crippen LogP contribution < -0.4 is 19.4 Å². The normalized spacial score (nSPS) is 11.2. The molecule has 0 unspecified atom stereocenters. The predicted molar refractivity (Wildman–Crippen MR) is 249 cm³/mol. The summed E-state index contributed by atoms with van der Waals surface area (Å²) in [5, 5.41) is 28.0. The summed E-state index contributed by atoms with van der Waals surface area (Å²) in [6.45, 7) is 0. The summed E-state index contributed by atoms with van der Waals surface area (Å²) in [4.78, 5) is 8.23. The fourth-order valence-corrected chi connectivity index (χ4v) is 9.35. The Balaban J connectivity index is 0.000000191. The van der Waals surface area contributed by atoms with E-state index < -0.39 is 59.7 Å². The Morgan fingerprint density at radius 1 is 0.625 bits per heavy atom. The highest BCUT2D eigenvalue weighted by Gasteiger charge is 2.31. The number of ether oxygens (including phenoxy) is 2. The van der Waals surface area contributed by atoms with Gasteiger partial charge < -0.3 is 28.4 Å². The van der Waals surface area contributed by atoms with Crippen LogP contribution in [0, 0.1) is 51.7 Å². The average molecular weight is 1060 g/mol. The molecule has 9 aromatic rings. The molecular weight excluding hydrogens is 1040 g/mol. The molecule has 5 aromatic carbocycles. The molecule has 4 aromatic heterocycles. The number of aromatic nitrogens is 4. The van der Waals surface area contributed by atoms with E-state index in [1.54, 1.807) is 42.6 Å². The van der Waals surface area contributed by atoms with E-state index in [0.717, 1.165) is 12.1 Å². The van der Waals surface area contributed by atoms with Crippen molar-refractivity contribution in [1.82, 2.24) is 20.3 Å². The Hall–Kier alpha value is -8.35.